The van der Waals surface area contributed by atoms with Gasteiger partial charge < -0.3 is 0 Å². The smallest absolute Gasteiger partial charge is 0.212 e. The van der Waals surface area contributed by atoms with Crippen LogP contribution in [0.5, 0.6) is 0 Å². The van der Waals surface area contributed by atoms with E-state index >= 15 is 0 Å². The Balaban J connectivity index is 2.40. The van der Waals surface area contributed by atoms with Crippen molar-refractivity contribution >= 4 is 29.0 Å². The maximum absolute atomic E-state index is 12.1. The number of rotatable bonds is 2. The molecule has 0 fully saturated rings. The number of nitrogens with zero attached hydrogens (tertiary/aromatic N) is 1. The number of pyridine rings is 1. The Labute approximate surface area is 109 Å². The van der Waals surface area contributed by atoms with Crippen molar-refractivity contribution in [3.05, 3.63) is 63.4 Å². The van der Waals surface area contributed by atoms with Crippen LogP contribution in [0.4, 0.5) is 0 Å². The Morgan fingerprint density at radius 1 is 1.18 bits per heavy atom. The summed E-state index contributed by atoms with van der Waals surface area (Å²) in [6.45, 7) is 1.91. The molecule has 0 saturated heterocycles. The Hall–Kier alpha value is -1.38. The predicted molar refractivity (Wildman–Crippen MR) is 68.9 cm³/mol. The Bertz CT molecular complexity index is 564. The zero-order valence-corrected chi connectivity index (χ0v) is 10.6. The molecule has 0 spiro atoms. The van der Waals surface area contributed by atoms with E-state index in [2.05, 4.69) is 4.98 Å². The summed E-state index contributed by atoms with van der Waals surface area (Å²) in [6.07, 6.45) is 1.65. The summed E-state index contributed by atoms with van der Waals surface area (Å²) < 4.78 is 0. The molecule has 0 unspecified atom stereocenters. The lowest BCUT2D eigenvalue weighted by Gasteiger charge is -2.03. The topological polar surface area (TPSA) is 30.0 Å². The molecule has 1 heterocycles. The van der Waals surface area contributed by atoms with Gasteiger partial charge in [0.05, 0.1) is 5.02 Å². The van der Waals surface area contributed by atoms with E-state index < -0.39 is 0 Å². The molecule has 4 heteroatoms. The van der Waals surface area contributed by atoms with Crippen LogP contribution in [0.3, 0.4) is 0 Å². The maximum Gasteiger partial charge on any atom is 0.212 e. The number of carbonyl (C=O) groups excluding carboxylic acids is 1. The molecule has 1 aromatic heterocycles. The molecule has 1 aromatic carbocycles. The molecular formula is C13H9Cl2NO. The van der Waals surface area contributed by atoms with Gasteiger partial charge in [-0.3, -0.25) is 9.78 Å². The molecule has 0 bridgehead atoms. The van der Waals surface area contributed by atoms with Gasteiger partial charge in [0.2, 0.25) is 5.78 Å². The van der Waals surface area contributed by atoms with Crippen LogP contribution in [0.25, 0.3) is 0 Å². The number of aromatic nitrogens is 1. The van der Waals surface area contributed by atoms with Crippen LogP contribution in [0.2, 0.25) is 10.0 Å². The van der Waals surface area contributed by atoms with Crippen molar-refractivity contribution in [3.63, 3.8) is 0 Å². The third-order valence-electron chi connectivity index (χ3n) is 2.32. The van der Waals surface area contributed by atoms with Crippen molar-refractivity contribution in [1.82, 2.24) is 4.98 Å². The minimum absolute atomic E-state index is 0.202. The van der Waals surface area contributed by atoms with Gasteiger partial charge in [-0.05, 0) is 36.8 Å². The van der Waals surface area contributed by atoms with E-state index in [0.717, 1.165) is 5.56 Å². The first-order chi connectivity index (χ1) is 8.08. The van der Waals surface area contributed by atoms with Crippen LogP contribution < -0.4 is 0 Å². The van der Waals surface area contributed by atoms with Crippen LogP contribution in [0.15, 0.2) is 36.5 Å². The van der Waals surface area contributed by atoms with Crippen molar-refractivity contribution < 1.29 is 4.79 Å². The highest BCUT2D eigenvalue weighted by molar-refractivity contribution is 6.37. The molecule has 0 radical (unpaired) electrons. The first kappa shape index (κ1) is 12.1. The zero-order chi connectivity index (χ0) is 12.4. The highest BCUT2D eigenvalue weighted by Gasteiger charge is 2.13. The minimum Gasteiger partial charge on any atom is -0.287 e. The fourth-order valence-corrected chi connectivity index (χ4v) is 1.91. The van der Waals surface area contributed by atoms with Crippen molar-refractivity contribution in [1.29, 1.82) is 0 Å². The summed E-state index contributed by atoms with van der Waals surface area (Å²) in [4.78, 5) is 16.2. The molecule has 2 rings (SSSR count). The summed E-state index contributed by atoms with van der Waals surface area (Å²) in [5, 5.41) is 0.841. The predicted octanol–water partition coefficient (Wildman–Crippen LogP) is 3.93. The van der Waals surface area contributed by atoms with Crippen LogP contribution >= 0.6 is 23.2 Å². The summed E-state index contributed by atoms with van der Waals surface area (Å²) in [7, 11) is 0. The van der Waals surface area contributed by atoms with E-state index in [1.165, 1.54) is 0 Å². The van der Waals surface area contributed by atoms with E-state index in [-0.39, 0.29) is 5.78 Å². The number of aryl methyl sites for hydroxylation is 1. The first-order valence-corrected chi connectivity index (χ1v) is 5.76. The van der Waals surface area contributed by atoms with Gasteiger partial charge in [-0.1, -0.05) is 29.3 Å². The molecule has 0 saturated carbocycles. The van der Waals surface area contributed by atoms with E-state index in [4.69, 9.17) is 23.2 Å². The SMILES string of the molecule is Cc1ccc(C(=O)c2ccc(Cl)cc2Cl)nc1. The van der Waals surface area contributed by atoms with Crippen LogP contribution in [-0.4, -0.2) is 10.8 Å². The second-order valence-electron chi connectivity index (χ2n) is 3.67. The highest BCUT2D eigenvalue weighted by atomic mass is 35.5. The van der Waals surface area contributed by atoms with Crippen molar-refractivity contribution in [2.45, 2.75) is 6.92 Å². The lowest BCUT2D eigenvalue weighted by molar-refractivity contribution is 0.103. The normalized spacial score (nSPS) is 10.3. The molecule has 0 atom stereocenters. The number of halogens is 2. The van der Waals surface area contributed by atoms with Gasteiger partial charge >= 0.3 is 0 Å². The summed E-state index contributed by atoms with van der Waals surface area (Å²) in [6, 6.07) is 8.31. The summed E-state index contributed by atoms with van der Waals surface area (Å²) in [5.74, 6) is -0.202. The van der Waals surface area contributed by atoms with E-state index in [9.17, 15) is 4.79 Å². The Kier molecular flexibility index (Phi) is 3.46. The Morgan fingerprint density at radius 3 is 2.53 bits per heavy atom. The van der Waals surface area contributed by atoms with E-state index in [1.54, 1.807) is 30.5 Å². The zero-order valence-electron chi connectivity index (χ0n) is 9.08. The van der Waals surface area contributed by atoms with E-state index in [0.29, 0.717) is 21.3 Å². The fraction of sp³-hybridized carbons (Fsp3) is 0.0769. The van der Waals surface area contributed by atoms with Gasteiger partial charge in [0.25, 0.3) is 0 Å². The molecule has 17 heavy (non-hydrogen) atoms. The summed E-state index contributed by atoms with van der Waals surface area (Å²) in [5.41, 5.74) is 1.79. The lowest BCUT2D eigenvalue weighted by Crippen LogP contribution is -2.04. The molecule has 2 nitrogen and oxygen atoms in total. The largest absolute Gasteiger partial charge is 0.287 e. The van der Waals surface area contributed by atoms with Crippen molar-refractivity contribution in [2.75, 3.05) is 0 Å². The fourth-order valence-electron chi connectivity index (χ4n) is 1.41. The molecule has 86 valence electrons. The van der Waals surface area contributed by atoms with Gasteiger partial charge in [-0.2, -0.15) is 0 Å². The van der Waals surface area contributed by atoms with E-state index in [1.807, 2.05) is 13.0 Å². The standard InChI is InChI=1S/C13H9Cl2NO/c1-8-2-5-12(16-7-8)13(17)10-4-3-9(14)6-11(10)15/h2-7H,1H3. The highest BCUT2D eigenvalue weighted by Crippen LogP contribution is 2.22. The number of hydrogen-bond acceptors (Lipinski definition) is 2. The third-order valence-corrected chi connectivity index (χ3v) is 2.87. The molecule has 0 aliphatic heterocycles. The molecule has 0 N–H and O–H groups in total. The monoisotopic (exact) mass is 265 g/mol. The number of carbonyl (C=O) groups is 1. The number of hydrogen-bond donors (Lipinski definition) is 0. The van der Waals surface area contributed by atoms with Gasteiger partial charge in [-0.25, -0.2) is 0 Å². The second kappa shape index (κ2) is 4.86. The molecule has 2 aromatic rings. The average Bonchev–Trinajstić information content (AvgIpc) is 2.29. The number of benzene rings is 1. The van der Waals surface area contributed by atoms with Crippen molar-refractivity contribution in [2.24, 2.45) is 0 Å². The van der Waals surface area contributed by atoms with Gasteiger partial charge in [0.15, 0.2) is 0 Å². The number of ketones is 1. The lowest BCUT2D eigenvalue weighted by atomic mass is 10.1. The molecule has 0 aliphatic carbocycles. The molecular weight excluding hydrogens is 257 g/mol. The minimum atomic E-state index is -0.202. The quantitative estimate of drug-likeness (QED) is 0.771. The van der Waals surface area contributed by atoms with Gasteiger partial charge in [-0.15, -0.1) is 0 Å². The Morgan fingerprint density at radius 2 is 1.94 bits per heavy atom. The van der Waals surface area contributed by atoms with Crippen LogP contribution in [0, 0.1) is 6.92 Å². The second-order valence-corrected chi connectivity index (χ2v) is 4.52. The molecule has 0 amide bonds. The van der Waals surface area contributed by atoms with Gasteiger partial charge in [0.1, 0.15) is 5.69 Å². The average molecular weight is 266 g/mol. The maximum atomic E-state index is 12.1. The summed E-state index contributed by atoms with van der Waals surface area (Å²) >= 11 is 11.7. The van der Waals surface area contributed by atoms with Gasteiger partial charge in [0, 0.05) is 16.8 Å². The molecule has 0 aliphatic rings. The van der Waals surface area contributed by atoms with Crippen LogP contribution in [0.1, 0.15) is 21.6 Å². The van der Waals surface area contributed by atoms with Crippen molar-refractivity contribution in [3.8, 4) is 0 Å². The first-order valence-electron chi connectivity index (χ1n) is 5.00. The van der Waals surface area contributed by atoms with Crippen LogP contribution in [-0.2, 0) is 0 Å². The third kappa shape index (κ3) is 2.65.